The number of hydroxylamine groups is 1. The Morgan fingerprint density at radius 3 is 2.58 bits per heavy atom. The Hall–Kier alpha value is -1.39. The summed E-state index contributed by atoms with van der Waals surface area (Å²) in [6.07, 6.45) is 0. The molecule has 5 nitrogen and oxygen atoms in total. The second-order valence-corrected chi connectivity index (χ2v) is 2.78. The molecule has 0 saturated heterocycles. The van der Waals surface area contributed by atoms with Crippen molar-refractivity contribution >= 4 is 5.97 Å². The fraction of sp³-hybridized carbons (Fsp3) is 0.571. The molecule has 1 N–H and O–H groups in total. The summed E-state index contributed by atoms with van der Waals surface area (Å²) in [6, 6.07) is 0. The minimum absolute atomic E-state index is 0.146. The number of hydrogen-bond donors (Lipinski definition) is 1. The van der Waals surface area contributed by atoms with E-state index in [1.165, 1.54) is 0 Å². The maximum absolute atomic E-state index is 10.8. The van der Waals surface area contributed by atoms with Crippen molar-refractivity contribution in [1.29, 1.82) is 0 Å². The summed E-state index contributed by atoms with van der Waals surface area (Å²) in [6.45, 7) is 6.94. The first-order chi connectivity index (χ1) is 5.43. The lowest BCUT2D eigenvalue weighted by atomic mass is 10.3. The van der Waals surface area contributed by atoms with Gasteiger partial charge in [0.2, 0.25) is 5.70 Å². The molecule has 0 bridgehead atoms. The third-order valence-corrected chi connectivity index (χ3v) is 1.00. The lowest BCUT2D eigenvalue weighted by Gasteiger charge is -2.02. The molecule has 1 unspecified atom stereocenters. The zero-order valence-corrected chi connectivity index (χ0v) is 7.15. The molecule has 0 aliphatic carbocycles. The molecule has 0 saturated carbocycles. The standard InChI is InChI=1S/C7H12N2O3/c1-5(2)4-9(12)8-6(3)7(10)11/h5H,3-4H2,1-2H3,(H,10,11)/i1+1,3+1. The number of rotatable bonds is 4. The summed E-state index contributed by atoms with van der Waals surface area (Å²) < 4.78 is 0. The minimum atomic E-state index is -1.28. The van der Waals surface area contributed by atoms with Crippen molar-refractivity contribution in [3.05, 3.63) is 17.5 Å². The first-order valence-electron chi connectivity index (χ1n) is 3.52. The summed E-state index contributed by atoms with van der Waals surface area (Å²) in [5, 5.41) is 22.3. The van der Waals surface area contributed by atoms with Crippen LogP contribution >= 0.6 is 0 Å². The van der Waals surface area contributed by atoms with Crippen LogP contribution < -0.4 is 0 Å². The van der Waals surface area contributed by atoms with Crippen molar-refractivity contribution in [1.82, 2.24) is 0 Å². The van der Waals surface area contributed by atoms with Crippen molar-refractivity contribution in [2.75, 3.05) is 6.54 Å². The number of carbonyl (C=O) groups is 1. The van der Waals surface area contributed by atoms with E-state index < -0.39 is 11.7 Å². The van der Waals surface area contributed by atoms with Crippen molar-refractivity contribution in [3.63, 3.8) is 0 Å². The summed E-state index contributed by atoms with van der Waals surface area (Å²) in [5.41, 5.74) is -0.439. The van der Waals surface area contributed by atoms with Gasteiger partial charge in [-0.2, -0.15) is 0 Å². The molecule has 1 atom stereocenters. The molecule has 0 heterocycles. The van der Waals surface area contributed by atoms with Crippen LogP contribution in [-0.2, 0) is 4.79 Å². The van der Waals surface area contributed by atoms with E-state index in [-0.39, 0.29) is 12.5 Å². The van der Waals surface area contributed by atoms with Gasteiger partial charge in [-0.3, -0.25) is 0 Å². The molecular formula is C7H12N2O3. The highest BCUT2D eigenvalue weighted by atomic mass is 16.5. The topological polar surface area (TPSA) is 75.7 Å². The highest BCUT2D eigenvalue weighted by molar-refractivity contribution is 5.84. The largest absolute Gasteiger partial charge is 0.600 e. The van der Waals surface area contributed by atoms with Crippen LogP contribution in [0.4, 0.5) is 0 Å². The van der Waals surface area contributed by atoms with E-state index in [1.807, 2.05) is 13.8 Å². The molecule has 0 fully saturated rings. The van der Waals surface area contributed by atoms with Crippen molar-refractivity contribution < 1.29 is 14.8 Å². The number of azo groups is 1. The maximum Gasteiger partial charge on any atom is 0.360 e. The molecular weight excluding hydrogens is 162 g/mol. The zero-order chi connectivity index (χ0) is 9.72. The lowest BCUT2D eigenvalue weighted by molar-refractivity contribution is -0.532. The molecule has 0 amide bonds. The Bertz CT molecular complexity index is 221. The predicted molar refractivity (Wildman–Crippen MR) is 42.5 cm³/mol. The van der Waals surface area contributed by atoms with Crippen LogP contribution in [0.3, 0.4) is 0 Å². The summed E-state index contributed by atoms with van der Waals surface area (Å²) in [4.78, 5) is 10.5. The Morgan fingerprint density at radius 2 is 2.25 bits per heavy atom. The smallest absolute Gasteiger partial charge is 0.360 e. The number of hydrogen-bond acceptors (Lipinski definition) is 3. The van der Waals surface area contributed by atoms with Crippen molar-refractivity contribution in [3.8, 4) is 0 Å². The van der Waals surface area contributed by atoms with Crippen LogP contribution in [0.15, 0.2) is 17.4 Å². The Balaban J connectivity index is 4.16. The Kier molecular flexibility index (Phi) is 3.96. The van der Waals surface area contributed by atoms with E-state index in [1.54, 1.807) is 0 Å². The SMILES string of the molecule is CC([13CH3])C[N+]([O-])=NC(=[13CH2])C(=O)O. The summed E-state index contributed by atoms with van der Waals surface area (Å²) in [5.74, 6) is -1.13. The van der Waals surface area contributed by atoms with E-state index >= 15 is 0 Å². The normalized spacial score (nSPS) is 14.0. The van der Waals surface area contributed by atoms with Crippen LogP contribution in [0.5, 0.6) is 0 Å². The van der Waals surface area contributed by atoms with Crippen molar-refractivity contribution in [2.24, 2.45) is 11.0 Å². The van der Waals surface area contributed by atoms with Gasteiger partial charge in [0.15, 0.2) is 6.54 Å². The maximum atomic E-state index is 10.8. The van der Waals surface area contributed by atoms with Crippen LogP contribution in [-0.4, -0.2) is 22.5 Å². The second-order valence-electron chi connectivity index (χ2n) is 2.78. The summed E-state index contributed by atoms with van der Waals surface area (Å²) >= 11 is 0. The van der Waals surface area contributed by atoms with Crippen LogP contribution in [0, 0.1) is 11.1 Å². The second kappa shape index (κ2) is 4.48. The van der Waals surface area contributed by atoms with Gasteiger partial charge in [-0.05, 0) is 0 Å². The Labute approximate surface area is 70.6 Å². The molecule has 68 valence electrons. The van der Waals surface area contributed by atoms with E-state index in [4.69, 9.17) is 5.11 Å². The zero-order valence-electron chi connectivity index (χ0n) is 7.15. The van der Waals surface area contributed by atoms with E-state index in [2.05, 4.69) is 11.7 Å². The molecule has 0 aliphatic heterocycles. The van der Waals surface area contributed by atoms with Gasteiger partial charge in [0.25, 0.3) is 0 Å². The van der Waals surface area contributed by atoms with Gasteiger partial charge in [-0.25, -0.2) is 4.79 Å². The number of aliphatic carboxylic acids is 1. The number of carboxylic acid groups (broad SMARTS) is 1. The molecule has 0 aliphatic rings. The fourth-order valence-electron chi connectivity index (χ4n) is 0.531. The van der Waals surface area contributed by atoms with E-state index in [0.717, 1.165) is 0 Å². The van der Waals surface area contributed by atoms with Gasteiger partial charge in [-0.1, -0.05) is 25.3 Å². The predicted octanol–water partition coefficient (Wildman–Crippen LogP) is 1.20. The van der Waals surface area contributed by atoms with Gasteiger partial charge in [-0.15, -0.1) is 0 Å². The third kappa shape index (κ3) is 4.43. The lowest BCUT2D eigenvalue weighted by Crippen LogP contribution is -2.10. The van der Waals surface area contributed by atoms with Gasteiger partial charge < -0.3 is 10.3 Å². The quantitative estimate of drug-likeness (QED) is 0.229. The number of nitrogens with zero attached hydrogens (tertiary/aromatic N) is 2. The highest BCUT2D eigenvalue weighted by Gasteiger charge is 2.07. The molecule has 12 heavy (non-hydrogen) atoms. The van der Waals surface area contributed by atoms with Crippen LogP contribution in [0.1, 0.15) is 13.8 Å². The molecule has 0 spiro atoms. The van der Waals surface area contributed by atoms with E-state index in [0.29, 0.717) is 4.86 Å². The molecule has 0 aromatic heterocycles. The molecule has 0 aromatic carbocycles. The molecule has 0 aromatic rings. The first-order valence-corrected chi connectivity index (χ1v) is 3.52. The summed E-state index contributed by atoms with van der Waals surface area (Å²) in [7, 11) is 0. The third-order valence-electron chi connectivity index (χ3n) is 1.00. The number of carboxylic acids is 1. The molecule has 0 rings (SSSR count). The van der Waals surface area contributed by atoms with Gasteiger partial charge in [0, 0.05) is 11.0 Å². The van der Waals surface area contributed by atoms with Gasteiger partial charge in [0.1, 0.15) is 0 Å². The van der Waals surface area contributed by atoms with E-state index in [9.17, 15) is 10.0 Å². The van der Waals surface area contributed by atoms with Gasteiger partial charge in [0.05, 0.1) is 0 Å². The average molecular weight is 174 g/mol. The first kappa shape index (κ1) is 10.6. The minimum Gasteiger partial charge on any atom is -0.600 e. The molecule has 0 radical (unpaired) electrons. The monoisotopic (exact) mass is 174 g/mol. The average Bonchev–Trinajstić information content (AvgIpc) is 1.84. The van der Waals surface area contributed by atoms with Crippen LogP contribution in [0.2, 0.25) is 0 Å². The van der Waals surface area contributed by atoms with Crippen molar-refractivity contribution in [2.45, 2.75) is 13.8 Å². The van der Waals surface area contributed by atoms with Gasteiger partial charge >= 0.3 is 5.97 Å². The van der Waals surface area contributed by atoms with Crippen LogP contribution in [0.25, 0.3) is 0 Å². The molecule has 5 heteroatoms. The highest BCUT2D eigenvalue weighted by Crippen LogP contribution is 1.97. The Morgan fingerprint density at radius 1 is 1.75 bits per heavy atom. The fourth-order valence-corrected chi connectivity index (χ4v) is 0.531.